The molecule has 0 bridgehead atoms. The fourth-order valence-corrected chi connectivity index (χ4v) is 4.40. The van der Waals surface area contributed by atoms with E-state index in [-0.39, 0.29) is 5.97 Å². The van der Waals surface area contributed by atoms with E-state index in [9.17, 15) is 4.79 Å². The lowest BCUT2D eigenvalue weighted by atomic mass is 9.99. The Labute approximate surface area is 174 Å². The fraction of sp³-hybridized carbons (Fsp3) is 0.240. The summed E-state index contributed by atoms with van der Waals surface area (Å²) < 4.78 is 5.52. The molecule has 2 aromatic heterocycles. The van der Waals surface area contributed by atoms with E-state index in [1.807, 2.05) is 31.2 Å². The van der Waals surface area contributed by atoms with E-state index in [4.69, 9.17) is 4.74 Å². The van der Waals surface area contributed by atoms with Crippen LogP contribution in [0, 0.1) is 0 Å². The molecule has 5 nitrogen and oxygen atoms in total. The van der Waals surface area contributed by atoms with Gasteiger partial charge in [-0.2, -0.15) is 0 Å². The monoisotopic (exact) mass is 399 g/mol. The highest BCUT2D eigenvalue weighted by Crippen LogP contribution is 2.43. The summed E-state index contributed by atoms with van der Waals surface area (Å²) in [6.45, 7) is 5.13. The quantitative estimate of drug-likeness (QED) is 0.230. The van der Waals surface area contributed by atoms with Crippen molar-refractivity contribution in [2.45, 2.75) is 26.7 Å². The summed E-state index contributed by atoms with van der Waals surface area (Å²) in [5.41, 5.74) is 5.38. The largest absolute Gasteiger partial charge is 0.462 e. The Morgan fingerprint density at radius 3 is 2.20 bits per heavy atom. The zero-order valence-corrected chi connectivity index (χ0v) is 17.3. The van der Waals surface area contributed by atoms with Crippen molar-refractivity contribution >= 4 is 55.3 Å². The van der Waals surface area contributed by atoms with Gasteiger partial charge in [-0.05, 0) is 25.5 Å². The van der Waals surface area contributed by atoms with E-state index in [0.29, 0.717) is 12.2 Å². The molecule has 0 aliphatic heterocycles. The maximum absolute atomic E-state index is 13.2. The van der Waals surface area contributed by atoms with Crippen LogP contribution in [0.15, 0.2) is 48.5 Å². The molecule has 0 spiro atoms. The Morgan fingerprint density at radius 2 is 1.53 bits per heavy atom. The van der Waals surface area contributed by atoms with E-state index in [1.54, 1.807) is 0 Å². The number of hydrogen-bond acceptors (Lipinski definition) is 3. The van der Waals surface area contributed by atoms with Crippen LogP contribution in [0.2, 0.25) is 0 Å². The number of carbonyl (C=O) groups is 1. The Balaban J connectivity index is 1.98. The van der Waals surface area contributed by atoms with Crippen molar-refractivity contribution in [1.29, 1.82) is 0 Å². The number of aromatic amines is 2. The van der Waals surface area contributed by atoms with Crippen molar-refractivity contribution in [1.82, 2.24) is 9.97 Å². The van der Waals surface area contributed by atoms with Gasteiger partial charge in [0.15, 0.2) is 0 Å². The summed E-state index contributed by atoms with van der Waals surface area (Å²) in [4.78, 5) is 20.4. The SMILES string of the molecule is CCCCNc1c(C(=O)OCC)c2c3ccccc3[nH]c2c2c1[nH]c1ccccc12. The van der Waals surface area contributed by atoms with Gasteiger partial charge in [0.25, 0.3) is 0 Å². The topological polar surface area (TPSA) is 69.9 Å². The van der Waals surface area contributed by atoms with Crippen LogP contribution in [0.25, 0.3) is 43.6 Å². The molecule has 0 saturated heterocycles. The Morgan fingerprint density at radius 1 is 0.900 bits per heavy atom. The second-order valence-corrected chi connectivity index (χ2v) is 7.59. The van der Waals surface area contributed by atoms with Gasteiger partial charge in [0.2, 0.25) is 0 Å². The van der Waals surface area contributed by atoms with E-state index in [0.717, 1.165) is 68.7 Å². The van der Waals surface area contributed by atoms with Crippen molar-refractivity contribution in [2.24, 2.45) is 0 Å². The molecule has 5 rings (SSSR count). The summed E-state index contributed by atoms with van der Waals surface area (Å²) >= 11 is 0. The number of H-pyrrole nitrogens is 2. The number of rotatable bonds is 6. The first-order valence-corrected chi connectivity index (χ1v) is 10.6. The van der Waals surface area contributed by atoms with Gasteiger partial charge in [-0.3, -0.25) is 0 Å². The van der Waals surface area contributed by atoms with Gasteiger partial charge in [0.05, 0.1) is 28.9 Å². The number of esters is 1. The van der Waals surface area contributed by atoms with E-state index in [1.165, 1.54) is 0 Å². The lowest BCUT2D eigenvalue weighted by Crippen LogP contribution is -2.12. The summed E-state index contributed by atoms with van der Waals surface area (Å²) in [5.74, 6) is -0.299. The molecule has 0 atom stereocenters. The van der Waals surface area contributed by atoms with Crippen LogP contribution in [0.4, 0.5) is 5.69 Å². The number of anilines is 1. The summed E-state index contributed by atoms with van der Waals surface area (Å²) in [6.07, 6.45) is 2.10. The second kappa shape index (κ2) is 7.41. The molecule has 5 heteroatoms. The first kappa shape index (κ1) is 18.6. The molecule has 2 heterocycles. The summed E-state index contributed by atoms with van der Waals surface area (Å²) in [6, 6.07) is 16.4. The Kier molecular flexibility index (Phi) is 4.58. The van der Waals surface area contributed by atoms with Gasteiger partial charge in [0, 0.05) is 39.1 Å². The number of hydrogen-bond donors (Lipinski definition) is 3. The predicted molar refractivity (Wildman–Crippen MR) is 125 cm³/mol. The number of aromatic nitrogens is 2. The highest BCUT2D eigenvalue weighted by Gasteiger charge is 2.26. The highest BCUT2D eigenvalue weighted by atomic mass is 16.5. The number of para-hydroxylation sites is 2. The number of unbranched alkanes of at least 4 members (excludes halogenated alkanes) is 1. The molecule has 0 amide bonds. The lowest BCUT2D eigenvalue weighted by Gasteiger charge is -2.15. The van der Waals surface area contributed by atoms with Crippen molar-refractivity contribution in [3.8, 4) is 0 Å². The van der Waals surface area contributed by atoms with E-state index >= 15 is 0 Å². The predicted octanol–water partition coefficient (Wildman–Crippen LogP) is 6.34. The van der Waals surface area contributed by atoms with Gasteiger partial charge in [0.1, 0.15) is 0 Å². The van der Waals surface area contributed by atoms with Crippen molar-refractivity contribution < 1.29 is 9.53 Å². The van der Waals surface area contributed by atoms with E-state index < -0.39 is 0 Å². The minimum Gasteiger partial charge on any atom is -0.462 e. The lowest BCUT2D eigenvalue weighted by molar-refractivity contribution is 0.0530. The molecule has 0 radical (unpaired) electrons. The van der Waals surface area contributed by atoms with Crippen LogP contribution in [-0.4, -0.2) is 29.1 Å². The molecular formula is C25H25N3O2. The van der Waals surface area contributed by atoms with Crippen molar-refractivity contribution in [2.75, 3.05) is 18.5 Å². The van der Waals surface area contributed by atoms with Crippen LogP contribution in [0.1, 0.15) is 37.0 Å². The molecular weight excluding hydrogens is 374 g/mol. The molecule has 3 N–H and O–H groups in total. The van der Waals surface area contributed by atoms with E-state index in [2.05, 4.69) is 46.5 Å². The minimum atomic E-state index is -0.299. The maximum atomic E-state index is 13.2. The number of nitrogens with one attached hydrogen (secondary N) is 3. The first-order chi connectivity index (χ1) is 14.7. The molecule has 0 unspecified atom stereocenters. The Hall–Kier alpha value is -3.47. The third-order valence-electron chi connectivity index (χ3n) is 5.72. The smallest absolute Gasteiger partial charge is 0.341 e. The molecule has 30 heavy (non-hydrogen) atoms. The first-order valence-electron chi connectivity index (χ1n) is 10.6. The van der Waals surface area contributed by atoms with Gasteiger partial charge in [-0.1, -0.05) is 49.7 Å². The molecule has 0 aliphatic carbocycles. The second-order valence-electron chi connectivity index (χ2n) is 7.59. The average molecular weight is 399 g/mol. The highest BCUT2D eigenvalue weighted by molar-refractivity contribution is 6.32. The van der Waals surface area contributed by atoms with Gasteiger partial charge in [-0.25, -0.2) is 4.79 Å². The summed E-state index contributed by atoms with van der Waals surface area (Å²) in [5, 5.41) is 7.74. The molecule has 0 saturated carbocycles. The Bertz CT molecular complexity index is 1390. The normalized spacial score (nSPS) is 11.7. The molecule has 0 fully saturated rings. The van der Waals surface area contributed by atoms with Crippen LogP contribution < -0.4 is 5.32 Å². The molecule has 152 valence electrons. The zero-order chi connectivity index (χ0) is 20.7. The fourth-order valence-electron chi connectivity index (χ4n) is 4.40. The molecule has 3 aromatic carbocycles. The van der Waals surface area contributed by atoms with Crippen molar-refractivity contribution in [3.05, 3.63) is 54.1 Å². The van der Waals surface area contributed by atoms with Crippen LogP contribution in [-0.2, 0) is 4.74 Å². The minimum absolute atomic E-state index is 0.299. The molecule has 5 aromatic rings. The zero-order valence-electron chi connectivity index (χ0n) is 17.3. The third kappa shape index (κ3) is 2.73. The van der Waals surface area contributed by atoms with Gasteiger partial charge < -0.3 is 20.0 Å². The van der Waals surface area contributed by atoms with Crippen LogP contribution >= 0.6 is 0 Å². The van der Waals surface area contributed by atoms with Gasteiger partial charge >= 0.3 is 5.97 Å². The van der Waals surface area contributed by atoms with Gasteiger partial charge in [-0.15, -0.1) is 0 Å². The third-order valence-corrected chi connectivity index (χ3v) is 5.72. The maximum Gasteiger partial charge on any atom is 0.341 e. The number of carbonyl (C=O) groups excluding carboxylic acids is 1. The average Bonchev–Trinajstić information content (AvgIpc) is 3.32. The van der Waals surface area contributed by atoms with Crippen molar-refractivity contribution in [3.63, 3.8) is 0 Å². The number of ether oxygens (including phenoxy) is 1. The number of benzene rings is 3. The molecule has 0 aliphatic rings. The standard InChI is InChI=1S/C25H25N3O2/c1-3-5-14-26-23-21(25(29)30-4-2)19-15-10-6-8-12-17(15)27-22(19)20-16-11-7-9-13-18(16)28-24(20)23/h6-13,26-28H,3-5,14H2,1-2H3. The number of fused-ring (bicyclic) bond motifs is 7. The van der Waals surface area contributed by atoms with Crippen LogP contribution in [0.5, 0.6) is 0 Å². The summed E-state index contributed by atoms with van der Waals surface area (Å²) in [7, 11) is 0. The van der Waals surface area contributed by atoms with Crippen LogP contribution in [0.3, 0.4) is 0 Å².